The van der Waals surface area contributed by atoms with Gasteiger partial charge in [-0.05, 0) is 23.1 Å². The van der Waals surface area contributed by atoms with Crippen LogP contribution in [0.4, 0.5) is 0 Å². The van der Waals surface area contributed by atoms with Crippen molar-refractivity contribution < 1.29 is 9.84 Å². The molecule has 0 spiro atoms. The number of aliphatic hydroxyl groups excluding tert-OH is 1. The summed E-state index contributed by atoms with van der Waals surface area (Å²) in [4.78, 5) is 2.27. The van der Waals surface area contributed by atoms with Crippen LogP contribution < -0.4 is 10.1 Å². The Balaban J connectivity index is 1.82. The molecule has 1 aromatic carbocycles. The first-order valence-electron chi connectivity index (χ1n) is 7.79. The maximum Gasteiger partial charge on any atom is 0.119 e. The minimum Gasteiger partial charge on any atom is -0.491 e. The molecule has 0 bridgehead atoms. The Labute approximate surface area is 128 Å². The zero-order valence-electron chi connectivity index (χ0n) is 13.4. The van der Waals surface area contributed by atoms with Crippen molar-refractivity contribution in [3.05, 3.63) is 29.8 Å². The third kappa shape index (κ3) is 5.30. The van der Waals surface area contributed by atoms with Crippen molar-refractivity contribution in [2.45, 2.75) is 32.3 Å². The first kappa shape index (κ1) is 16.3. The number of nitrogens with zero attached hydrogens (tertiary/aromatic N) is 1. The number of benzene rings is 1. The second-order valence-corrected chi connectivity index (χ2v) is 6.79. The van der Waals surface area contributed by atoms with Crippen LogP contribution in [0.3, 0.4) is 0 Å². The highest BCUT2D eigenvalue weighted by Crippen LogP contribution is 2.25. The number of nitrogens with one attached hydrogen (secondary N) is 1. The van der Waals surface area contributed by atoms with E-state index in [2.05, 4.69) is 43.1 Å². The molecule has 1 heterocycles. The fourth-order valence-electron chi connectivity index (χ4n) is 2.49. The molecule has 2 rings (SSSR count). The van der Waals surface area contributed by atoms with E-state index in [1.807, 2.05) is 12.1 Å². The van der Waals surface area contributed by atoms with Crippen LogP contribution in [0, 0.1) is 0 Å². The predicted octanol–water partition coefficient (Wildman–Crippen LogP) is 1.63. The van der Waals surface area contributed by atoms with Gasteiger partial charge in [-0.2, -0.15) is 0 Å². The summed E-state index contributed by atoms with van der Waals surface area (Å²) in [6.45, 7) is 11.6. The molecule has 0 radical (unpaired) electrons. The van der Waals surface area contributed by atoms with Gasteiger partial charge in [0.1, 0.15) is 18.5 Å². The molecule has 1 saturated heterocycles. The normalized spacial score (nSPS) is 18.5. The number of rotatable bonds is 5. The van der Waals surface area contributed by atoms with Crippen molar-refractivity contribution in [2.24, 2.45) is 0 Å². The Kier molecular flexibility index (Phi) is 5.62. The molecule has 21 heavy (non-hydrogen) atoms. The van der Waals surface area contributed by atoms with Crippen molar-refractivity contribution in [1.29, 1.82) is 0 Å². The third-order valence-electron chi connectivity index (χ3n) is 3.82. The van der Waals surface area contributed by atoms with Crippen LogP contribution in [0.1, 0.15) is 26.3 Å². The van der Waals surface area contributed by atoms with Crippen molar-refractivity contribution in [3.8, 4) is 5.75 Å². The topological polar surface area (TPSA) is 44.7 Å². The molecule has 1 aliphatic heterocycles. The zero-order valence-corrected chi connectivity index (χ0v) is 13.4. The van der Waals surface area contributed by atoms with E-state index >= 15 is 0 Å². The number of β-amino-alcohol motifs (C(OH)–C–C–N with tert-alkyl or cyclic N) is 1. The quantitative estimate of drug-likeness (QED) is 0.866. The van der Waals surface area contributed by atoms with E-state index in [1.165, 1.54) is 5.56 Å². The minimum atomic E-state index is -0.443. The van der Waals surface area contributed by atoms with Crippen LogP contribution in [-0.4, -0.2) is 55.4 Å². The van der Waals surface area contributed by atoms with E-state index in [0.717, 1.165) is 31.9 Å². The number of piperazine rings is 1. The first-order chi connectivity index (χ1) is 9.95. The summed E-state index contributed by atoms with van der Waals surface area (Å²) >= 11 is 0. The Morgan fingerprint density at radius 1 is 1.29 bits per heavy atom. The lowest BCUT2D eigenvalue weighted by Crippen LogP contribution is -2.47. The Bertz CT molecular complexity index is 437. The molecule has 4 heteroatoms. The highest BCUT2D eigenvalue weighted by Gasteiger charge is 2.16. The summed E-state index contributed by atoms with van der Waals surface area (Å²) in [5.74, 6) is 0.835. The lowest BCUT2D eigenvalue weighted by molar-refractivity contribution is 0.0641. The summed E-state index contributed by atoms with van der Waals surface area (Å²) in [7, 11) is 0. The highest BCUT2D eigenvalue weighted by atomic mass is 16.5. The summed E-state index contributed by atoms with van der Waals surface area (Å²) in [6, 6.07) is 8.15. The molecule has 1 unspecified atom stereocenters. The molecular weight excluding hydrogens is 264 g/mol. The third-order valence-corrected chi connectivity index (χ3v) is 3.82. The second kappa shape index (κ2) is 7.25. The van der Waals surface area contributed by atoms with Crippen molar-refractivity contribution in [3.63, 3.8) is 0 Å². The van der Waals surface area contributed by atoms with Crippen LogP contribution in [0.25, 0.3) is 0 Å². The van der Waals surface area contributed by atoms with Gasteiger partial charge >= 0.3 is 0 Å². The zero-order chi connectivity index (χ0) is 15.3. The smallest absolute Gasteiger partial charge is 0.119 e. The number of ether oxygens (including phenoxy) is 1. The number of aliphatic hydroxyl groups is 1. The molecule has 0 aliphatic carbocycles. The van der Waals surface area contributed by atoms with Crippen molar-refractivity contribution >= 4 is 0 Å². The number of hydrogen-bond acceptors (Lipinski definition) is 4. The van der Waals surface area contributed by atoms with E-state index < -0.39 is 6.10 Å². The van der Waals surface area contributed by atoms with Gasteiger partial charge in [0.15, 0.2) is 0 Å². The minimum absolute atomic E-state index is 0.110. The van der Waals surface area contributed by atoms with E-state index in [4.69, 9.17) is 4.74 Å². The van der Waals surface area contributed by atoms with Gasteiger partial charge in [-0.15, -0.1) is 0 Å². The van der Waals surface area contributed by atoms with E-state index in [-0.39, 0.29) is 5.41 Å². The molecule has 1 aliphatic rings. The van der Waals surface area contributed by atoms with Gasteiger partial charge in [-0.1, -0.05) is 32.9 Å². The lowest BCUT2D eigenvalue weighted by atomic mass is 9.87. The average molecular weight is 292 g/mol. The first-order valence-corrected chi connectivity index (χ1v) is 7.79. The molecule has 1 aromatic rings. The van der Waals surface area contributed by atoms with Crippen LogP contribution in [-0.2, 0) is 5.41 Å². The van der Waals surface area contributed by atoms with Crippen LogP contribution in [0.15, 0.2) is 24.3 Å². The number of hydrogen-bond donors (Lipinski definition) is 2. The van der Waals surface area contributed by atoms with Gasteiger partial charge in [0.05, 0.1) is 0 Å². The average Bonchev–Trinajstić information content (AvgIpc) is 2.46. The molecule has 1 fully saturated rings. The largest absolute Gasteiger partial charge is 0.491 e. The van der Waals surface area contributed by atoms with Crippen molar-refractivity contribution in [1.82, 2.24) is 10.2 Å². The highest BCUT2D eigenvalue weighted by molar-refractivity contribution is 5.32. The lowest BCUT2D eigenvalue weighted by Gasteiger charge is -2.29. The molecular formula is C17H28N2O2. The fourth-order valence-corrected chi connectivity index (χ4v) is 2.49. The van der Waals surface area contributed by atoms with Gasteiger partial charge in [-0.25, -0.2) is 0 Å². The molecule has 0 amide bonds. The maximum atomic E-state index is 10.1. The van der Waals surface area contributed by atoms with E-state index in [0.29, 0.717) is 13.2 Å². The molecule has 1 atom stereocenters. The molecule has 4 nitrogen and oxygen atoms in total. The summed E-state index contributed by atoms with van der Waals surface area (Å²) in [5.41, 5.74) is 1.36. The van der Waals surface area contributed by atoms with Gasteiger partial charge in [0.25, 0.3) is 0 Å². The van der Waals surface area contributed by atoms with Crippen molar-refractivity contribution in [2.75, 3.05) is 39.3 Å². The standard InChI is InChI=1S/C17H28N2O2/c1-17(2,3)14-5-4-6-16(11-14)21-13-15(20)12-19-9-7-18-8-10-19/h4-6,11,15,18,20H,7-10,12-13H2,1-3H3. The Hall–Kier alpha value is -1.10. The summed E-state index contributed by atoms with van der Waals surface area (Å²) < 4.78 is 5.75. The van der Waals surface area contributed by atoms with E-state index in [9.17, 15) is 5.11 Å². The maximum absolute atomic E-state index is 10.1. The fraction of sp³-hybridized carbons (Fsp3) is 0.647. The SMILES string of the molecule is CC(C)(C)c1cccc(OCC(O)CN2CCNCC2)c1. The molecule has 0 aromatic heterocycles. The summed E-state index contributed by atoms with van der Waals surface area (Å²) in [5, 5.41) is 13.4. The van der Waals surface area contributed by atoms with Crippen LogP contribution in [0.5, 0.6) is 5.75 Å². The summed E-state index contributed by atoms with van der Waals surface area (Å²) in [6.07, 6.45) is -0.443. The van der Waals surface area contributed by atoms with Crippen LogP contribution in [0.2, 0.25) is 0 Å². The second-order valence-electron chi connectivity index (χ2n) is 6.79. The van der Waals surface area contributed by atoms with Crippen LogP contribution >= 0.6 is 0 Å². The van der Waals surface area contributed by atoms with Gasteiger partial charge in [0, 0.05) is 32.7 Å². The van der Waals surface area contributed by atoms with Gasteiger partial charge in [-0.3, -0.25) is 4.90 Å². The van der Waals surface area contributed by atoms with Gasteiger partial charge < -0.3 is 15.2 Å². The molecule has 2 N–H and O–H groups in total. The molecule has 118 valence electrons. The Morgan fingerprint density at radius 2 is 2.00 bits per heavy atom. The Morgan fingerprint density at radius 3 is 2.67 bits per heavy atom. The monoisotopic (exact) mass is 292 g/mol. The van der Waals surface area contributed by atoms with Gasteiger partial charge in [0.2, 0.25) is 0 Å². The molecule has 0 saturated carbocycles. The predicted molar refractivity (Wildman–Crippen MR) is 86.0 cm³/mol. The van der Waals surface area contributed by atoms with E-state index in [1.54, 1.807) is 0 Å².